The van der Waals surface area contributed by atoms with E-state index in [4.69, 9.17) is 9.47 Å². The number of carbonyl (C=O) groups is 1. The van der Waals surface area contributed by atoms with E-state index in [2.05, 4.69) is 0 Å². The van der Waals surface area contributed by atoms with E-state index in [1.165, 1.54) is 6.07 Å². The lowest BCUT2D eigenvalue weighted by molar-refractivity contribution is -0.134. The fourth-order valence-corrected chi connectivity index (χ4v) is 1.86. The standard InChI is InChI=1S/C13H17NO4/c1-2-12(16)18-13-10(4-3-5-11(13)15)14-6-8-17-9-7-14/h3-5,15H,2,6-9H2,1H3. The Hall–Kier alpha value is -1.75. The van der Waals surface area contributed by atoms with Gasteiger partial charge < -0.3 is 19.5 Å². The molecule has 5 nitrogen and oxygen atoms in total. The Morgan fingerprint density at radius 1 is 1.44 bits per heavy atom. The van der Waals surface area contributed by atoms with Crippen LogP contribution in [0.5, 0.6) is 11.5 Å². The summed E-state index contributed by atoms with van der Waals surface area (Å²) in [6, 6.07) is 5.09. The molecule has 1 aromatic carbocycles. The number of hydrogen-bond donors (Lipinski definition) is 1. The number of benzene rings is 1. The number of phenolic OH excluding ortho intramolecular Hbond substituents is 1. The maximum atomic E-state index is 11.4. The third-order valence-electron chi connectivity index (χ3n) is 2.83. The molecule has 0 radical (unpaired) electrons. The number of aromatic hydroxyl groups is 1. The minimum absolute atomic E-state index is 0.0132. The highest BCUT2D eigenvalue weighted by molar-refractivity contribution is 5.77. The van der Waals surface area contributed by atoms with Gasteiger partial charge in [0.2, 0.25) is 0 Å². The summed E-state index contributed by atoms with van der Waals surface area (Å²) in [4.78, 5) is 13.4. The van der Waals surface area contributed by atoms with Gasteiger partial charge in [0.05, 0.1) is 18.9 Å². The molecule has 5 heteroatoms. The summed E-state index contributed by atoms with van der Waals surface area (Å²) >= 11 is 0. The number of hydrogen-bond acceptors (Lipinski definition) is 5. The first-order valence-electron chi connectivity index (χ1n) is 6.07. The first-order valence-corrected chi connectivity index (χ1v) is 6.07. The normalized spacial score (nSPS) is 15.5. The first kappa shape index (κ1) is 12.7. The van der Waals surface area contributed by atoms with Gasteiger partial charge in [0.15, 0.2) is 11.5 Å². The molecule has 98 valence electrons. The van der Waals surface area contributed by atoms with Gasteiger partial charge in [-0.15, -0.1) is 0 Å². The Morgan fingerprint density at radius 3 is 2.83 bits per heavy atom. The Labute approximate surface area is 106 Å². The second-order valence-corrected chi connectivity index (χ2v) is 4.05. The second kappa shape index (κ2) is 5.73. The molecule has 1 saturated heterocycles. The summed E-state index contributed by atoms with van der Waals surface area (Å²) in [7, 11) is 0. The zero-order valence-corrected chi connectivity index (χ0v) is 10.4. The van der Waals surface area contributed by atoms with Gasteiger partial charge in [0.25, 0.3) is 0 Å². The van der Waals surface area contributed by atoms with Gasteiger partial charge in [-0.2, -0.15) is 0 Å². The Kier molecular flexibility index (Phi) is 4.04. The van der Waals surface area contributed by atoms with Crippen molar-refractivity contribution in [2.75, 3.05) is 31.2 Å². The molecule has 2 rings (SSSR count). The van der Waals surface area contributed by atoms with Crippen molar-refractivity contribution in [1.29, 1.82) is 0 Å². The molecule has 0 saturated carbocycles. The molecule has 0 unspecified atom stereocenters. The van der Waals surface area contributed by atoms with Crippen molar-refractivity contribution in [3.8, 4) is 11.5 Å². The van der Waals surface area contributed by atoms with E-state index >= 15 is 0 Å². The van der Waals surface area contributed by atoms with Gasteiger partial charge in [-0.25, -0.2) is 0 Å². The Morgan fingerprint density at radius 2 is 2.17 bits per heavy atom. The highest BCUT2D eigenvalue weighted by Gasteiger charge is 2.19. The van der Waals surface area contributed by atoms with Crippen LogP contribution < -0.4 is 9.64 Å². The molecule has 0 atom stereocenters. The molecular weight excluding hydrogens is 234 g/mol. The molecule has 1 fully saturated rings. The number of nitrogens with zero attached hydrogens (tertiary/aromatic N) is 1. The number of anilines is 1. The molecule has 1 N–H and O–H groups in total. The van der Waals surface area contributed by atoms with Gasteiger partial charge in [-0.1, -0.05) is 13.0 Å². The van der Waals surface area contributed by atoms with Gasteiger partial charge in [0, 0.05) is 19.5 Å². The van der Waals surface area contributed by atoms with E-state index < -0.39 is 0 Å². The second-order valence-electron chi connectivity index (χ2n) is 4.05. The third kappa shape index (κ3) is 2.73. The van der Waals surface area contributed by atoms with Crippen molar-refractivity contribution in [2.45, 2.75) is 13.3 Å². The molecule has 0 spiro atoms. The van der Waals surface area contributed by atoms with Crippen molar-refractivity contribution in [3.63, 3.8) is 0 Å². The average Bonchev–Trinajstić information content (AvgIpc) is 2.42. The Bertz CT molecular complexity index is 427. The number of para-hydroxylation sites is 1. The lowest BCUT2D eigenvalue weighted by atomic mass is 10.2. The minimum Gasteiger partial charge on any atom is -0.504 e. The topological polar surface area (TPSA) is 59.0 Å². The maximum Gasteiger partial charge on any atom is 0.311 e. The van der Waals surface area contributed by atoms with Crippen molar-refractivity contribution in [1.82, 2.24) is 0 Å². The molecule has 1 aliphatic heterocycles. The van der Waals surface area contributed by atoms with Gasteiger partial charge >= 0.3 is 5.97 Å². The van der Waals surface area contributed by atoms with Crippen LogP contribution in [0.15, 0.2) is 18.2 Å². The fraction of sp³-hybridized carbons (Fsp3) is 0.462. The summed E-state index contributed by atoms with van der Waals surface area (Å²) in [5.41, 5.74) is 0.736. The SMILES string of the molecule is CCC(=O)Oc1c(O)cccc1N1CCOCC1. The van der Waals surface area contributed by atoms with Gasteiger partial charge in [-0.3, -0.25) is 4.79 Å². The zero-order chi connectivity index (χ0) is 13.0. The van der Waals surface area contributed by atoms with E-state index in [0.717, 1.165) is 18.8 Å². The molecule has 0 bridgehead atoms. The summed E-state index contributed by atoms with van der Waals surface area (Å²) in [5, 5.41) is 9.83. The summed E-state index contributed by atoms with van der Waals surface area (Å²) in [6.45, 7) is 4.44. The van der Waals surface area contributed by atoms with Gasteiger partial charge in [-0.05, 0) is 12.1 Å². The quantitative estimate of drug-likeness (QED) is 0.652. The van der Waals surface area contributed by atoms with Crippen LogP contribution in [0.1, 0.15) is 13.3 Å². The largest absolute Gasteiger partial charge is 0.504 e. The monoisotopic (exact) mass is 251 g/mol. The summed E-state index contributed by atoms with van der Waals surface area (Å²) in [5.74, 6) is -0.127. The molecule has 1 aliphatic rings. The molecule has 18 heavy (non-hydrogen) atoms. The first-order chi connectivity index (χ1) is 8.72. The minimum atomic E-state index is -0.356. The van der Waals surface area contributed by atoms with E-state index in [0.29, 0.717) is 13.2 Å². The van der Waals surface area contributed by atoms with Gasteiger partial charge in [0.1, 0.15) is 0 Å². The maximum absolute atomic E-state index is 11.4. The van der Waals surface area contributed by atoms with Crippen molar-refractivity contribution >= 4 is 11.7 Å². The predicted molar refractivity (Wildman–Crippen MR) is 67.1 cm³/mol. The Balaban J connectivity index is 2.27. The number of esters is 1. The fourth-order valence-electron chi connectivity index (χ4n) is 1.86. The van der Waals surface area contributed by atoms with E-state index in [-0.39, 0.29) is 23.9 Å². The highest BCUT2D eigenvalue weighted by atomic mass is 16.5. The molecular formula is C13H17NO4. The van der Waals surface area contributed by atoms with E-state index in [1.807, 2.05) is 11.0 Å². The molecule has 0 aliphatic carbocycles. The third-order valence-corrected chi connectivity index (χ3v) is 2.83. The number of morpholine rings is 1. The molecule has 0 aromatic heterocycles. The lowest BCUT2D eigenvalue weighted by Gasteiger charge is -2.30. The van der Waals surface area contributed by atoms with Crippen LogP contribution in [0.3, 0.4) is 0 Å². The van der Waals surface area contributed by atoms with E-state index in [9.17, 15) is 9.90 Å². The van der Waals surface area contributed by atoms with Crippen molar-refractivity contribution in [3.05, 3.63) is 18.2 Å². The predicted octanol–water partition coefficient (Wildman–Crippen LogP) is 1.54. The van der Waals surface area contributed by atoms with Crippen LogP contribution in [-0.4, -0.2) is 37.4 Å². The highest BCUT2D eigenvalue weighted by Crippen LogP contribution is 2.37. The van der Waals surface area contributed by atoms with Crippen LogP contribution in [0.25, 0.3) is 0 Å². The average molecular weight is 251 g/mol. The van der Waals surface area contributed by atoms with Crippen LogP contribution in [0.2, 0.25) is 0 Å². The smallest absolute Gasteiger partial charge is 0.311 e. The number of carbonyl (C=O) groups excluding carboxylic acids is 1. The summed E-state index contributed by atoms with van der Waals surface area (Å²) in [6.07, 6.45) is 0.275. The molecule has 1 heterocycles. The van der Waals surface area contributed by atoms with Crippen molar-refractivity contribution < 1.29 is 19.4 Å². The van der Waals surface area contributed by atoms with E-state index in [1.54, 1.807) is 13.0 Å². The van der Waals surface area contributed by atoms with Crippen LogP contribution in [0.4, 0.5) is 5.69 Å². The van der Waals surface area contributed by atoms with Crippen LogP contribution in [-0.2, 0) is 9.53 Å². The number of ether oxygens (including phenoxy) is 2. The van der Waals surface area contributed by atoms with Crippen molar-refractivity contribution in [2.24, 2.45) is 0 Å². The number of phenols is 1. The molecule has 0 amide bonds. The lowest BCUT2D eigenvalue weighted by Crippen LogP contribution is -2.36. The van der Waals surface area contributed by atoms with Crippen LogP contribution in [0, 0.1) is 0 Å². The summed E-state index contributed by atoms with van der Waals surface area (Å²) < 4.78 is 10.5. The van der Waals surface area contributed by atoms with Crippen LogP contribution >= 0.6 is 0 Å². The number of rotatable bonds is 3. The zero-order valence-electron chi connectivity index (χ0n) is 10.4. The molecule has 1 aromatic rings.